The van der Waals surface area contributed by atoms with Gasteiger partial charge < -0.3 is 18.6 Å². The van der Waals surface area contributed by atoms with Gasteiger partial charge in [-0.2, -0.15) is 0 Å². The highest BCUT2D eigenvalue weighted by atomic mass is 16.3. The third kappa shape index (κ3) is 7.29. The maximum absolute atomic E-state index is 6.80. The summed E-state index contributed by atoms with van der Waals surface area (Å²) in [6.07, 6.45) is 0. The molecule has 2 aromatic heterocycles. The zero-order chi connectivity index (χ0) is 48.5. The zero-order valence-corrected chi connectivity index (χ0v) is 40.8. The first-order chi connectivity index (χ1) is 35.4. The van der Waals surface area contributed by atoms with E-state index in [-0.39, 0.29) is 0 Å². The van der Waals surface area contributed by atoms with E-state index in [0.29, 0.717) is 11.8 Å². The number of hydrogen-bond acceptors (Lipinski definition) is 4. The third-order valence-electron chi connectivity index (χ3n) is 14.5. The fourth-order valence-electron chi connectivity index (χ4n) is 11.1. The summed E-state index contributed by atoms with van der Waals surface area (Å²) in [5.41, 5.74) is 17.4. The lowest BCUT2D eigenvalue weighted by molar-refractivity contribution is 0.663. The molecule has 0 atom stereocenters. The van der Waals surface area contributed by atoms with Gasteiger partial charge in [0.2, 0.25) is 0 Å². The van der Waals surface area contributed by atoms with E-state index in [1.165, 1.54) is 44.8 Å². The van der Waals surface area contributed by atoms with Gasteiger partial charge in [-0.25, -0.2) is 0 Å². The SMILES string of the molecule is CC(C)c1ccccc1N(c1ccc2cc3c(cc2c1)oc1ccc2oc4cc5cc(N(c6ccccc6-c6ccccc6)c6ccccc6C(C)C)ccc5cc4c2c13)c1ccccc1-c1ccccc1. The van der Waals surface area contributed by atoms with Gasteiger partial charge in [0.15, 0.2) is 0 Å². The summed E-state index contributed by atoms with van der Waals surface area (Å²) in [6, 6.07) is 83.3. The zero-order valence-electron chi connectivity index (χ0n) is 40.8. The van der Waals surface area contributed by atoms with Gasteiger partial charge in [0.1, 0.15) is 22.3 Å². The van der Waals surface area contributed by atoms with Gasteiger partial charge >= 0.3 is 0 Å². The van der Waals surface area contributed by atoms with Crippen molar-refractivity contribution >= 4 is 99.5 Å². The van der Waals surface area contributed by atoms with E-state index in [4.69, 9.17) is 8.83 Å². The molecule has 11 aromatic carbocycles. The van der Waals surface area contributed by atoms with Crippen LogP contribution in [-0.2, 0) is 0 Å². The second-order valence-corrected chi connectivity index (χ2v) is 19.6. The quantitative estimate of drug-likeness (QED) is 0.137. The Bertz CT molecular complexity index is 3910. The van der Waals surface area contributed by atoms with Crippen LogP contribution in [0.2, 0.25) is 0 Å². The average Bonchev–Trinajstić information content (AvgIpc) is 3.97. The Morgan fingerprint density at radius 2 is 0.681 bits per heavy atom. The Morgan fingerprint density at radius 3 is 1.10 bits per heavy atom. The first-order valence-corrected chi connectivity index (χ1v) is 25.1. The van der Waals surface area contributed by atoms with Crippen LogP contribution in [0.15, 0.2) is 239 Å². The van der Waals surface area contributed by atoms with Crippen LogP contribution in [-0.4, -0.2) is 0 Å². The molecule has 72 heavy (non-hydrogen) atoms. The third-order valence-corrected chi connectivity index (χ3v) is 14.5. The number of hydrogen-bond donors (Lipinski definition) is 0. The second kappa shape index (κ2) is 17.5. The molecule has 13 aromatic rings. The summed E-state index contributed by atoms with van der Waals surface area (Å²) in [5, 5.41) is 8.78. The molecule has 0 amide bonds. The number of furan rings is 2. The topological polar surface area (TPSA) is 32.8 Å². The molecule has 13 rings (SSSR count). The van der Waals surface area contributed by atoms with Crippen LogP contribution < -0.4 is 9.80 Å². The fourth-order valence-corrected chi connectivity index (χ4v) is 11.1. The summed E-state index contributed by atoms with van der Waals surface area (Å²) < 4.78 is 13.6. The van der Waals surface area contributed by atoms with E-state index in [9.17, 15) is 0 Å². The molecule has 0 aliphatic heterocycles. The molecule has 0 spiro atoms. The first kappa shape index (κ1) is 43.2. The number of para-hydroxylation sites is 4. The van der Waals surface area contributed by atoms with Crippen LogP contribution in [0.5, 0.6) is 0 Å². The van der Waals surface area contributed by atoms with Gasteiger partial charge in [-0.1, -0.05) is 173 Å². The van der Waals surface area contributed by atoms with Gasteiger partial charge in [0, 0.05) is 55.4 Å². The summed E-state index contributed by atoms with van der Waals surface area (Å²) >= 11 is 0. The minimum Gasteiger partial charge on any atom is -0.456 e. The van der Waals surface area contributed by atoms with Crippen molar-refractivity contribution < 1.29 is 8.83 Å². The van der Waals surface area contributed by atoms with E-state index < -0.39 is 0 Å². The Kier molecular flexibility index (Phi) is 10.5. The second-order valence-electron chi connectivity index (χ2n) is 19.6. The summed E-state index contributed by atoms with van der Waals surface area (Å²) in [6.45, 7) is 9.08. The first-order valence-electron chi connectivity index (χ1n) is 25.1. The minimum atomic E-state index is 0.325. The Labute approximate surface area is 419 Å². The standard InChI is InChI=1S/C68H52N2O2/c1-43(2)53-23-11-15-27-59(53)69(61-29-17-13-25-55(61)45-19-7-5-8-20-45)51-33-31-47-39-57-65(41-49(47)37-51)71-63-35-36-64-68(67(57)63)58-40-48-32-34-52(38-50(48)42-66(58)72-64)70(60-28-16-12-24-54(60)44(3)4)62-30-18-14-26-56(62)46-21-9-6-10-22-46/h5-44H,1-4H3. The van der Waals surface area contributed by atoms with Gasteiger partial charge in [-0.05, 0) is 141 Å². The van der Waals surface area contributed by atoms with Gasteiger partial charge in [-0.15, -0.1) is 0 Å². The number of anilines is 6. The molecule has 0 aliphatic carbocycles. The Balaban J connectivity index is 0.950. The lowest BCUT2D eigenvalue weighted by Gasteiger charge is -2.31. The average molecular weight is 929 g/mol. The van der Waals surface area contributed by atoms with Gasteiger partial charge in [0.05, 0.1) is 11.4 Å². The highest BCUT2D eigenvalue weighted by molar-refractivity contribution is 6.28. The largest absolute Gasteiger partial charge is 0.456 e. The van der Waals surface area contributed by atoms with Crippen molar-refractivity contribution in [3.63, 3.8) is 0 Å². The lowest BCUT2D eigenvalue weighted by Crippen LogP contribution is -2.13. The van der Waals surface area contributed by atoms with E-state index in [2.05, 4.69) is 268 Å². The van der Waals surface area contributed by atoms with E-state index in [1.807, 2.05) is 0 Å². The van der Waals surface area contributed by atoms with Crippen molar-refractivity contribution in [2.45, 2.75) is 39.5 Å². The number of nitrogens with zero attached hydrogens (tertiary/aromatic N) is 2. The normalized spacial score (nSPS) is 11.9. The highest BCUT2D eigenvalue weighted by Crippen LogP contribution is 2.48. The summed E-state index contributed by atoms with van der Waals surface area (Å²) in [4.78, 5) is 4.86. The van der Waals surface area contributed by atoms with Gasteiger partial charge in [-0.3, -0.25) is 0 Å². The maximum Gasteiger partial charge on any atom is 0.136 e. The predicted octanol–water partition coefficient (Wildman–Crippen LogP) is 20.3. The lowest BCUT2D eigenvalue weighted by atomic mass is 9.96. The maximum atomic E-state index is 6.80. The molecule has 0 fully saturated rings. The van der Waals surface area contributed by atoms with Crippen molar-refractivity contribution in [3.8, 4) is 22.3 Å². The molecule has 0 unspecified atom stereocenters. The molecule has 0 aliphatic rings. The Morgan fingerprint density at radius 1 is 0.306 bits per heavy atom. The molecule has 4 nitrogen and oxygen atoms in total. The molecular weight excluding hydrogens is 877 g/mol. The molecule has 346 valence electrons. The monoisotopic (exact) mass is 928 g/mol. The Hall–Kier alpha value is -8.86. The van der Waals surface area contributed by atoms with Crippen LogP contribution >= 0.6 is 0 Å². The van der Waals surface area contributed by atoms with E-state index in [0.717, 1.165) is 88.2 Å². The van der Waals surface area contributed by atoms with Crippen LogP contribution in [0, 0.1) is 0 Å². The molecule has 2 heterocycles. The molecule has 0 saturated heterocycles. The molecular formula is C68H52N2O2. The number of rotatable bonds is 10. The molecule has 4 heteroatoms. The van der Waals surface area contributed by atoms with Crippen molar-refractivity contribution in [2.75, 3.05) is 9.80 Å². The summed E-state index contributed by atoms with van der Waals surface area (Å²) in [5.74, 6) is 0.650. The van der Waals surface area contributed by atoms with Crippen molar-refractivity contribution in [3.05, 3.63) is 242 Å². The molecule has 0 saturated carbocycles. The highest BCUT2D eigenvalue weighted by Gasteiger charge is 2.24. The van der Waals surface area contributed by atoms with Crippen LogP contribution in [0.4, 0.5) is 34.1 Å². The number of benzene rings is 11. The predicted molar refractivity (Wildman–Crippen MR) is 304 cm³/mol. The van der Waals surface area contributed by atoms with Crippen molar-refractivity contribution in [1.82, 2.24) is 0 Å². The number of fused-ring (bicyclic) bond motifs is 9. The molecule has 0 N–H and O–H groups in total. The van der Waals surface area contributed by atoms with Crippen LogP contribution in [0.3, 0.4) is 0 Å². The molecule has 0 bridgehead atoms. The van der Waals surface area contributed by atoms with Crippen molar-refractivity contribution in [2.24, 2.45) is 0 Å². The molecule has 0 radical (unpaired) electrons. The van der Waals surface area contributed by atoms with E-state index >= 15 is 0 Å². The van der Waals surface area contributed by atoms with Crippen LogP contribution in [0.25, 0.3) is 87.7 Å². The fraction of sp³-hybridized carbons (Fsp3) is 0.0882. The van der Waals surface area contributed by atoms with Gasteiger partial charge in [0.25, 0.3) is 0 Å². The smallest absolute Gasteiger partial charge is 0.136 e. The van der Waals surface area contributed by atoms with Crippen molar-refractivity contribution in [1.29, 1.82) is 0 Å². The van der Waals surface area contributed by atoms with Crippen LogP contribution in [0.1, 0.15) is 50.7 Å². The summed E-state index contributed by atoms with van der Waals surface area (Å²) in [7, 11) is 0. The minimum absolute atomic E-state index is 0.325. The van der Waals surface area contributed by atoms with E-state index in [1.54, 1.807) is 0 Å².